The number of carbonyl (C=O) groups excluding carboxylic acids is 2. The second-order valence-corrected chi connectivity index (χ2v) is 16.0. The monoisotopic (exact) mass is 720 g/mol. The van der Waals surface area contributed by atoms with Gasteiger partial charge in [-0.05, 0) is 64.5 Å². The molecule has 0 aliphatic carbocycles. The summed E-state index contributed by atoms with van der Waals surface area (Å²) in [4.78, 5) is 28.1. The highest BCUT2D eigenvalue weighted by Crippen LogP contribution is 2.21. The van der Waals surface area contributed by atoms with Gasteiger partial charge in [0.1, 0.15) is 0 Å². The minimum atomic E-state index is 0.0561. The fourth-order valence-electron chi connectivity index (χ4n) is 7.52. The summed E-state index contributed by atoms with van der Waals surface area (Å²) in [5.74, 6) is 0.499. The smallest absolute Gasteiger partial charge is 0.308 e. The average molecular weight is 720 g/mol. The van der Waals surface area contributed by atoms with Gasteiger partial charge in [-0.1, -0.05) is 182 Å². The molecule has 51 heavy (non-hydrogen) atoms. The van der Waals surface area contributed by atoms with Crippen molar-refractivity contribution in [3.05, 3.63) is 0 Å². The van der Waals surface area contributed by atoms with Crippen molar-refractivity contribution in [2.45, 2.75) is 233 Å². The normalized spacial score (nSPS) is 12.7. The van der Waals surface area contributed by atoms with Gasteiger partial charge in [0.25, 0.3) is 0 Å². The number of esters is 1. The molecule has 0 aromatic rings. The largest absolute Gasteiger partial charge is 0.465 e. The predicted molar refractivity (Wildman–Crippen MR) is 224 cm³/mol. The zero-order valence-corrected chi connectivity index (χ0v) is 35.1. The molecule has 0 aliphatic heterocycles. The Kier molecular flexibility index (Phi) is 39.6. The minimum Gasteiger partial charge on any atom is -0.465 e. The predicted octanol–water partition coefficient (Wildman–Crippen LogP) is 12.6. The lowest BCUT2D eigenvalue weighted by atomic mass is 9.62. The summed E-state index contributed by atoms with van der Waals surface area (Å²) in [5, 5.41) is 9.39. The van der Waals surface area contributed by atoms with Crippen molar-refractivity contribution >= 4 is 18.9 Å². The standard InChI is InChI=1S/C45H90BNO4/c1-5-9-13-25-34-42(32-11-7-3)44(49)46-36-27-21-17-15-18-22-28-37-47(39-31-40-48)38-29-23-19-16-20-24-30-41-51-45(50)43(33-12-8-4)35-26-14-10-6-2/h42-43,46,48H,5-41H2,1-4H3. The molecule has 6 heteroatoms. The number of carbonyl (C=O) groups is 2. The van der Waals surface area contributed by atoms with Crippen LogP contribution in [0.15, 0.2) is 0 Å². The van der Waals surface area contributed by atoms with E-state index in [0.29, 0.717) is 18.2 Å². The van der Waals surface area contributed by atoms with Crippen molar-refractivity contribution in [1.29, 1.82) is 0 Å². The highest BCUT2D eigenvalue weighted by molar-refractivity contribution is 6.74. The van der Waals surface area contributed by atoms with Crippen molar-refractivity contribution in [3.8, 4) is 0 Å². The lowest BCUT2D eigenvalue weighted by Gasteiger charge is -2.22. The second kappa shape index (κ2) is 40.3. The van der Waals surface area contributed by atoms with Gasteiger partial charge in [0.05, 0.1) is 18.2 Å². The van der Waals surface area contributed by atoms with E-state index in [2.05, 4.69) is 32.6 Å². The molecule has 0 aromatic carbocycles. The van der Waals surface area contributed by atoms with Gasteiger partial charge < -0.3 is 19.5 Å². The summed E-state index contributed by atoms with van der Waals surface area (Å²) >= 11 is 0. The third kappa shape index (κ3) is 33.4. The molecule has 0 radical (unpaired) electrons. The second-order valence-electron chi connectivity index (χ2n) is 16.0. The molecule has 0 bridgehead atoms. The maximum Gasteiger partial charge on any atom is 0.308 e. The summed E-state index contributed by atoms with van der Waals surface area (Å²) in [6.45, 7) is 13.1. The molecule has 0 fully saturated rings. The first kappa shape index (κ1) is 50.1. The lowest BCUT2D eigenvalue weighted by molar-refractivity contribution is -0.149. The van der Waals surface area contributed by atoms with E-state index in [4.69, 9.17) is 4.74 Å². The Morgan fingerprint density at radius 3 is 1.43 bits per heavy atom. The quantitative estimate of drug-likeness (QED) is 0.0386. The van der Waals surface area contributed by atoms with Crippen LogP contribution >= 0.6 is 0 Å². The molecule has 0 aliphatic rings. The first-order chi connectivity index (χ1) is 25.0. The number of rotatable bonds is 42. The van der Waals surface area contributed by atoms with Crippen LogP contribution in [0, 0.1) is 11.8 Å². The first-order valence-electron chi connectivity index (χ1n) is 23.1. The van der Waals surface area contributed by atoms with Crippen LogP contribution in [0.25, 0.3) is 0 Å². The van der Waals surface area contributed by atoms with E-state index in [1.54, 1.807) is 0 Å². The van der Waals surface area contributed by atoms with E-state index >= 15 is 0 Å². The first-order valence-corrected chi connectivity index (χ1v) is 23.1. The zero-order chi connectivity index (χ0) is 37.5. The fourth-order valence-corrected chi connectivity index (χ4v) is 7.52. The van der Waals surface area contributed by atoms with Gasteiger partial charge in [0.2, 0.25) is 7.28 Å². The van der Waals surface area contributed by atoms with Gasteiger partial charge in [-0.3, -0.25) is 4.79 Å². The molecule has 0 heterocycles. The van der Waals surface area contributed by atoms with Crippen LogP contribution in [0.2, 0.25) is 6.32 Å². The minimum absolute atomic E-state index is 0.0561. The highest BCUT2D eigenvalue weighted by Gasteiger charge is 2.19. The molecule has 0 saturated heterocycles. The molecule has 0 saturated carbocycles. The molecular weight excluding hydrogens is 629 g/mol. The number of aliphatic hydroxyl groups excluding tert-OH is 1. The number of unbranched alkanes of at least 4 members (excludes halogenated alkanes) is 20. The van der Waals surface area contributed by atoms with E-state index < -0.39 is 0 Å². The number of hydrogen-bond donors (Lipinski definition) is 1. The van der Waals surface area contributed by atoms with Crippen LogP contribution in [-0.4, -0.2) is 61.8 Å². The van der Waals surface area contributed by atoms with Crippen LogP contribution in [-0.2, 0) is 14.3 Å². The zero-order valence-electron chi connectivity index (χ0n) is 35.1. The lowest BCUT2D eigenvalue weighted by Crippen LogP contribution is -2.27. The third-order valence-electron chi connectivity index (χ3n) is 11.1. The Hall–Kier alpha value is -0.875. The van der Waals surface area contributed by atoms with Gasteiger partial charge in [-0.2, -0.15) is 0 Å². The fraction of sp³-hybridized carbons (Fsp3) is 0.956. The summed E-state index contributed by atoms with van der Waals surface area (Å²) in [7, 11) is 0.809. The Morgan fingerprint density at radius 2 is 0.902 bits per heavy atom. The maximum absolute atomic E-state index is 12.9. The van der Waals surface area contributed by atoms with Crippen molar-refractivity contribution in [1.82, 2.24) is 4.90 Å². The van der Waals surface area contributed by atoms with E-state index in [1.165, 1.54) is 135 Å². The summed E-state index contributed by atoms with van der Waals surface area (Å²) < 4.78 is 5.70. The Bertz CT molecular complexity index is 679. The molecule has 0 rings (SSSR count). The van der Waals surface area contributed by atoms with Gasteiger partial charge in [-0.25, -0.2) is 0 Å². The third-order valence-corrected chi connectivity index (χ3v) is 11.1. The van der Waals surface area contributed by atoms with E-state index in [-0.39, 0.29) is 18.5 Å². The van der Waals surface area contributed by atoms with Gasteiger partial charge in [0, 0.05) is 19.1 Å². The van der Waals surface area contributed by atoms with E-state index in [1.807, 2.05) is 0 Å². The Balaban J connectivity index is 3.91. The van der Waals surface area contributed by atoms with Crippen molar-refractivity contribution in [2.24, 2.45) is 11.8 Å². The molecule has 0 aromatic heterocycles. The van der Waals surface area contributed by atoms with Crippen molar-refractivity contribution in [3.63, 3.8) is 0 Å². The molecule has 5 nitrogen and oxygen atoms in total. The highest BCUT2D eigenvalue weighted by atomic mass is 16.5. The molecule has 2 unspecified atom stereocenters. The van der Waals surface area contributed by atoms with Crippen LogP contribution in [0.3, 0.4) is 0 Å². The number of hydrogen-bond acceptors (Lipinski definition) is 5. The molecule has 0 spiro atoms. The van der Waals surface area contributed by atoms with Gasteiger partial charge in [-0.15, -0.1) is 0 Å². The van der Waals surface area contributed by atoms with E-state index in [9.17, 15) is 14.7 Å². The summed E-state index contributed by atoms with van der Waals surface area (Å²) in [6, 6.07) is 0. The van der Waals surface area contributed by atoms with Crippen molar-refractivity contribution in [2.75, 3.05) is 32.8 Å². The SMILES string of the molecule is CCCCCCC(CCCC)C(=O)BCCCCCCCCCN(CCCO)CCCCCCCCCOC(=O)C(CCCC)CCCCCC. The summed E-state index contributed by atoms with van der Waals surface area (Å²) in [5.41, 5.74) is 0.552. The number of ether oxygens (including phenoxy) is 1. The topological polar surface area (TPSA) is 66.8 Å². The van der Waals surface area contributed by atoms with Crippen molar-refractivity contribution < 1.29 is 19.4 Å². The van der Waals surface area contributed by atoms with Crippen LogP contribution in [0.4, 0.5) is 0 Å². The van der Waals surface area contributed by atoms with Crippen LogP contribution in [0.5, 0.6) is 0 Å². The van der Waals surface area contributed by atoms with E-state index in [0.717, 1.165) is 97.4 Å². The number of nitrogens with zero attached hydrogens (tertiary/aromatic N) is 1. The van der Waals surface area contributed by atoms with Gasteiger partial charge >= 0.3 is 5.97 Å². The van der Waals surface area contributed by atoms with Crippen LogP contribution < -0.4 is 0 Å². The number of aliphatic hydroxyl groups is 1. The molecule has 2 atom stereocenters. The average Bonchev–Trinajstić information content (AvgIpc) is 3.14. The molecule has 1 N–H and O–H groups in total. The Morgan fingerprint density at radius 1 is 0.490 bits per heavy atom. The summed E-state index contributed by atoms with van der Waals surface area (Å²) in [6.07, 6.45) is 38.3. The van der Waals surface area contributed by atoms with Gasteiger partial charge in [0.15, 0.2) is 0 Å². The maximum atomic E-state index is 12.9. The molecular formula is C45H90BNO4. The Labute approximate surface area is 320 Å². The molecule has 302 valence electrons. The van der Waals surface area contributed by atoms with Crippen LogP contribution in [0.1, 0.15) is 227 Å². The molecule has 0 amide bonds.